The highest BCUT2D eigenvalue weighted by Crippen LogP contribution is 2.30. The molecule has 2 heterocycles. The highest BCUT2D eigenvalue weighted by molar-refractivity contribution is 7.90. The van der Waals surface area contributed by atoms with Crippen molar-refractivity contribution >= 4 is 26.8 Å². The molecule has 2 aromatic heterocycles. The van der Waals surface area contributed by atoms with Gasteiger partial charge in [-0.25, -0.2) is 17.1 Å². The lowest BCUT2D eigenvalue weighted by Gasteiger charge is -2.12. The molecule has 0 atom stereocenters. The number of hydrogen-bond acceptors (Lipinski definition) is 5. The molecule has 0 aliphatic carbocycles. The molecule has 8 nitrogen and oxygen atoms in total. The second-order valence-corrected chi connectivity index (χ2v) is 10.1. The summed E-state index contributed by atoms with van der Waals surface area (Å²) in [7, 11) is -3.76. The van der Waals surface area contributed by atoms with Crippen LogP contribution in [-0.4, -0.2) is 33.2 Å². The van der Waals surface area contributed by atoms with Crippen LogP contribution in [0.25, 0.3) is 27.7 Å². The number of nitrogens with two attached hydrogens (primary N) is 1. The maximum Gasteiger partial charge on any atom is 0.269 e. The molecule has 0 aliphatic heterocycles. The number of fused-ring (bicyclic) bond motifs is 1. The predicted octanol–water partition coefficient (Wildman–Crippen LogP) is 4.15. The monoisotopic (exact) mass is 486 g/mol. The van der Waals surface area contributed by atoms with Gasteiger partial charge in [0.25, 0.3) is 15.9 Å². The van der Waals surface area contributed by atoms with Gasteiger partial charge in [-0.1, -0.05) is 18.2 Å². The fraction of sp³-hybridized carbons (Fsp3) is 0.0769. The number of primary amides is 1. The Morgan fingerprint density at radius 1 is 0.886 bits per heavy atom. The Kier molecular flexibility index (Phi) is 5.21. The van der Waals surface area contributed by atoms with Gasteiger partial charge in [0, 0.05) is 16.8 Å². The Balaban J connectivity index is 1.63. The van der Waals surface area contributed by atoms with E-state index in [0.717, 1.165) is 11.1 Å². The minimum Gasteiger partial charge on any atom is -0.508 e. The fourth-order valence-electron chi connectivity index (χ4n) is 4.26. The average molecular weight is 487 g/mol. The number of carbonyl (C=O) groups is 1. The van der Waals surface area contributed by atoms with Crippen LogP contribution in [-0.2, 0) is 10.0 Å². The van der Waals surface area contributed by atoms with Crippen molar-refractivity contribution in [2.24, 2.45) is 5.73 Å². The Hall–Kier alpha value is -4.37. The fourth-order valence-corrected chi connectivity index (χ4v) is 5.83. The highest BCUT2D eigenvalue weighted by atomic mass is 32.2. The number of aryl methyl sites for hydroxylation is 2. The number of amides is 1. The van der Waals surface area contributed by atoms with Crippen LogP contribution < -0.4 is 5.73 Å². The lowest BCUT2D eigenvalue weighted by atomic mass is 10.0. The predicted molar refractivity (Wildman–Crippen MR) is 133 cm³/mol. The zero-order valence-electron chi connectivity index (χ0n) is 19.0. The van der Waals surface area contributed by atoms with Crippen LogP contribution in [0.5, 0.6) is 5.75 Å². The number of hydrogen-bond donors (Lipinski definition) is 2. The van der Waals surface area contributed by atoms with Crippen LogP contribution in [0.4, 0.5) is 0 Å². The second-order valence-electron chi connectivity index (χ2n) is 8.29. The molecule has 5 aromatic rings. The first kappa shape index (κ1) is 22.4. The van der Waals surface area contributed by atoms with Crippen molar-refractivity contribution in [2.45, 2.75) is 18.7 Å². The standard InChI is InChI=1S/C26H22N4O4S/c1-16-6-7-17(2)30(16)35(33,34)22-11-9-20(10-12-22)29-24-15-19(18-4-3-5-21(31)14-18)8-13-23(24)25(28-29)26(27)32/h3-15,31H,1-2H3,(H2,27,32). The number of phenolic OH excluding ortho intramolecular Hbond substituents is 1. The van der Waals surface area contributed by atoms with Gasteiger partial charge in [0.2, 0.25) is 0 Å². The van der Waals surface area contributed by atoms with Crippen molar-refractivity contribution in [3.05, 3.63) is 95.9 Å². The first-order valence-corrected chi connectivity index (χ1v) is 12.2. The normalized spacial score (nSPS) is 11.7. The molecular weight excluding hydrogens is 464 g/mol. The van der Waals surface area contributed by atoms with E-state index in [2.05, 4.69) is 5.10 Å². The molecule has 0 radical (unpaired) electrons. The first-order chi connectivity index (χ1) is 16.7. The van der Waals surface area contributed by atoms with Crippen molar-refractivity contribution in [1.82, 2.24) is 13.8 Å². The molecule has 5 rings (SSSR count). The molecule has 176 valence electrons. The second kappa shape index (κ2) is 8.14. The number of aromatic nitrogens is 3. The van der Waals surface area contributed by atoms with Gasteiger partial charge in [0.05, 0.1) is 16.1 Å². The molecule has 1 amide bonds. The third kappa shape index (κ3) is 3.75. The van der Waals surface area contributed by atoms with Crippen LogP contribution in [0.2, 0.25) is 0 Å². The average Bonchev–Trinajstić information content (AvgIpc) is 3.38. The maximum atomic E-state index is 13.2. The summed E-state index contributed by atoms with van der Waals surface area (Å²) in [5, 5.41) is 14.8. The molecule has 9 heteroatoms. The van der Waals surface area contributed by atoms with Crippen LogP contribution >= 0.6 is 0 Å². The number of phenols is 1. The smallest absolute Gasteiger partial charge is 0.269 e. The minimum absolute atomic E-state index is 0.109. The van der Waals surface area contributed by atoms with Crippen molar-refractivity contribution in [2.75, 3.05) is 0 Å². The van der Waals surface area contributed by atoms with Crippen molar-refractivity contribution < 1.29 is 18.3 Å². The van der Waals surface area contributed by atoms with Gasteiger partial charge >= 0.3 is 0 Å². The molecule has 0 saturated heterocycles. The van der Waals surface area contributed by atoms with E-state index >= 15 is 0 Å². The van der Waals surface area contributed by atoms with Gasteiger partial charge in [0.1, 0.15) is 5.75 Å². The van der Waals surface area contributed by atoms with Crippen molar-refractivity contribution in [3.63, 3.8) is 0 Å². The summed E-state index contributed by atoms with van der Waals surface area (Å²) in [4.78, 5) is 12.2. The first-order valence-electron chi connectivity index (χ1n) is 10.8. The lowest BCUT2D eigenvalue weighted by molar-refractivity contribution is 0.0996. The number of carbonyl (C=O) groups excluding carboxylic acids is 1. The molecule has 35 heavy (non-hydrogen) atoms. The molecule has 3 N–H and O–H groups in total. The summed E-state index contributed by atoms with van der Waals surface area (Å²) in [6, 6.07) is 22.1. The molecule has 0 fully saturated rings. The van der Waals surface area contributed by atoms with Crippen molar-refractivity contribution in [1.29, 1.82) is 0 Å². The number of rotatable bonds is 5. The van der Waals surface area contributed by atoms with E-state index in [9.17, 15) is 18.3 Å². The van der Waals surface area contributed by atoms with Crippen LogP contribution in [0.3, 0.4) is 0 Å². The highest BCUT2D eigenvalue weighted by Gasteiger charge is 2.21. The zero-order valence-corrected chi connectivity index (χ0v) is 19.8. The molecule has 0 bridgehead atoms. The van der Waals surface area contributed by atoms with Gasteiger partial charge in [-0.2, -0.15) is 5.10 Å². The zero-order chi connectivity index (χ0) is 24.9. The third-order valence-corrected chi connectivity index (χ3v) is 7.84. The van der Waals surface area contributed by atoms with Crippen molar-refractivity contribution in [3.8, 4) is 22.6 Å². The molecular formula is C26H22N4O4S. The summed E-state index contributed by atoms with van der Waals surface area (Å²) >= 11 is 0. The number of nitrogens with zero attached hydrogens (tertiary/aromatic N) is 3. The van der Waals surface area contributed by atoms with Crippen LogP contribution in [0.15, 0.2) is 83.8 Å². The minimum atomic E-state index is -3.76. The SMILES string of the molecule is Cc1ccc(C)n1S(=O)(=O)c1ccc(-n2nc(C(N)=O)c3ccc(-c4cccc(O)c4)cc32)cc1. The Morgan fingerprint density at radius 2 is 1.54 bits per heavy atom. The quantitative estimate of drug-likeness (QED) is 0.387. The summed E-state index contributed by atoms with van der Waals surface area (Å²) < 4.78 is 29.2. The Morgan fingerprint density at radius 3 is 2.17 bits per heavy atom. The van der Waals surface area contributed by atoms with Crippen LogP contribution in [0, 0.1) is 13.8 Å². The molecule has 0 aliphatic rings. The Bertz CT molecular complexity index is 1690. The van der Waals surface area contributed by atoms with E-state index in [1.54, 1.807) is 67.1 Å². The van der Waals surface area contributed by atoms with Gasteiger partial charge in [-0.15, -0.1) is 0 Å². The summed E-state index contributed by atoms with van der Waals surface area (Å²) in [6.45, 7) is 3.48. The summed E-state index contributed by atoms with van der Waals surface area (Å²) in [6.07, 6.45) is 0. The molecule has 0 saturated carbocycles. The number of benzene rings is 3. The number of aromatic hydroxyl groups is 1. The van der Waals surface area contributed by atoms with E-state index in [1.807, 2.05) is 18.2 Å². The third-order valence-electron chi connectivity index (χ3n) is 5.92. The van der Waals surface area contributed by atoms with E-state index in [0.29, 0.717) is 28.0 Å². The van der Waals surface area contributed by atoms with E-state index in [-0.39, 0.29) is 16.3 Å². The van der Waals surface area contributed by atoms with Crippen LogP contribution in [0.1, 0.15) is 21.9 Å². The lowest BCUT2D eigenvalue weighted by Crippen LogP contribution is -2.15. The summed E-state index contributed by atoms with van der Waals surface area (Å²) in [5.74, 6) is -0.532. The summed E-state index contributed by atoms with van der Waals surface area (Å²) in [5.41, 5.74) is 9.71. The molecule has 0 spiro atoms. The largest absolute Gasteiger partial charge is 0.508 e. The van der Waals surface area contributed by atoms with Gasteiger partial charge < -0.3 is 10.8 Å². The van der Waals surface area contributed by atoms with Gasteiger partial charge in [-0.05, 0) is 85.6 Å². The van der Waals surface area contributed by atoms with E-state index in [4.69, 9.17) is 5.73 Å². The molecule has 3 aromatic carbocycles. The topological polar surface area (TPSA) is 120 Å². The van der Waals surface area contributed by atoms with E-state index in [1.165, 1.54) is 16.1 Å². The molecule has 0 unspecified atom stereocenters. The van der Waals surface area contributed by atoms with Gasteiger partial charge in [0.15, 0.2) is 5.69 Å². The Labute approximate surface area is 201 Å². The maximum absolute atomic E-state index is 13.2. The van der Waals surface area contributed by atoms with E-state index < -0.39 is 15.9 Å². The van der Waals surface area contributed by atoms with Gasteiger partial charge in [-0.3, -0.25) is 4.79 Å².